The highest BCUT2D eigenvalue weighted by molar-refractivity contribution is 5.78. The third-order valence-electron chi connectivity index (χ3n) is 4.62. The van der Waals surface area contributed by atoms with Gasteiger partial charge in [0.05, 0.1) is 6.54 Å². The number of carbonyl (C=O) groups excluding carboxylic acids is 1. The topological polar surface area (TPSA) is 53.7 Å². The number of nitrogens with zero attached hydrogens (tertiary/aromatic N) is 5. The first-order valence-corrected chi connectivity index (χ1v) is 8.74. The van der Waals surface area contributed by atoms with Gasteiger partial charge in [0, 0.05) is 31.7 Å². The Labute approximate surface area is 148 Å². The summed E-state index contributed by atoms with van der Waals surface area (Å²) >= 11 is 0. The fourth-order valence-electron chi connectivity index (χ4n) is 3.43. The third kappa shape index (κ3) is 3.96. The molecule has 1 fully saturated rings. The molecule has 2 aromatic rings. The maximum atomic E-state index is 12.6. The molecule has 0 aliphatic carbocycles. The van der Waals surface area contributed by atoms with Crippen LogP contribution < -0.4 is 0 Å². The average molecular weight is 339 g/mol. The van der Waals surface area contributed by atoms with E-state index in [-0.39, 0.29) is 5.91 Å². The largest absolute Gasteiger partial charge is 0.334 e. The van der Waals surface area contributed by atoms with Crippen LogP contribution in [0.4, 0.5) is 0 Å². The number of likely N-dealkylation sites (tertiary alicyclic amines) is 1. The summed E-state index contributed by atoms with van der Waals surface area (Å²) in [6.45, 7) is 10.8. The number of hydrogen-bond donors (Lipinski definition) is 0. The Morgan fingerprint density at radius 1 is 1.28 bits per heavy atom. The van der Waals surface area contributed by atoms with E-state index in [0.717, 1.165) is 37.4 Å². The second kappa shape index (κ2) is 8.07. The molecule has 132 valence electrons. The van der Waals surface area contributed by atoms with Crippen molar-refractivity contribution in [2.75, 3.05) is 32.7 Å². The van der Waals surface area contributed by atoms with Crippen molar-refractivity contribution in [1.82, 2.24) is 24.4 Å². The van der Waals surface area contributed by atoms with Gasteiger partial charge in [0.1, 0.15) is 5.82 Å². The van der Waals surface area contributed by atoms with Crippen molar-refractivity contribution in [3.63, 3.8) is 0 Å². The second-order valence-corrected chi connectivity index (χ2v) is 6.44. The molecule has 3 heterocycles. The van der Waals surface area contributed by atoms with Crippen molar-refractivity contribution in [2.24, 2.45) is 0 Å². The normalized spacial score (nSPS) is 18.2. The predicted molar refractivity (Wildman–Crippen MR) is 98.4 cm³/mol. The molecule has 1 aliphatic heterocycles. The van der Waals surface area contributed by atoms with E-state index in [1.807, 2.05) is 24.4 Å². The summed E-state index contributed by atoms with van der Waals surface area (Å²) in [7, 11) is 0. The van der Waals surface area contributed by atoms with E-state index >= 15 is 0 Å². The molecule has 0 aromatic carbocycles. The smallest absolute Gasteiger partial charge is 0.237 e. The Bertz CT molecular complexity index is 743. The zero-order chi connectivity index (χ0) is 17.6. The Kier molecular flexibility index (Phi) is 5.60. The summed E-state index contributed by atoms with van der Waals surface area (Å²) in [5.74, 6) is 1.40. The highest BCUT2D eigenvalue weighted by Gasteiger charge is 2.27. The lowest BCUT2D eigenvalue weighted by Gasteiger charge is -2.32. The molecule has 2 aromatic heterocycles. The Hall–Kier alpha value is -2.47. The number of piperidine rings is 1. The van der Waals surface area contributed by atoms with Crippen LogP contribution in [0.15, 0.2) is 49.7 Å². The highest BCUT2D eigenvalue weighted by Crippen LogP contribution is 2.26. The number of hydrogen-bond acceptors (Lipinski definition) is 4. The molecule has 25 heavy (non-hydrogen) atoms. The molecule has 0 spiro atoms. The lowest BCUT2D eigenvalue weighted by molar-refractivity contribution is -0.131. The van der Waals surface area contributed by atoms with Gasteiger partial charge in [-0.15, -0.1) is 23.4 Å². The van der Waals surface area contributed by atoms with Gasteiger partial charge in [0.2, 0.25) is 5.91 Å². The van der Waals surface area contributed by atoms with E-state index in [1.165, 1.54) is 0 Å². The number of rotatable bonds is 7. The zero-order valence-corrected chi connectivity index (χ0v) is 14.5. The molecule has 1 amide bonds. The fourth-order valence-corrected chi connectivity index (χ4v) is 3.43. The molecule has 0 unspecified atom stereocenters. The zero-order valence-electron chi connectivity index (χ0n) is 14.5. The molecule has 0 radical (unpaired) electrons. The van der Waals surface area contributed by atoms with Crippen molar-refractivity contribution in [3.05, 3.63) is 55.5 Å². The summed E-state index contributed by atoms with van der Waals surface area (Å²) in [5, 5.41) is 8.64. The maximum absolute atomic E-state index is 12.6. The molecule has 0 saturated carbocycles. The first-order chi connectivity index (χ1) is 12.2. The number of fused-ring (bicyclic) bond motifs is 1. The minimum Gasteiger partial charge on any atom is -0.334 e. The molecule has 0 bridgehead atoms. The summed E-state index contributed by atoms with van der Waals surface area (Å²) < 4.78 is 2.05. The summed E-state index contributed by atoms with van der Waals surface area (Å²) in [6.07, 6.45) is 7.64. The van der Waals surface area contributed by atoms with E-state index in [2.05, 4.69) is 32.7 Å². The van der Waals surface area contributed by atoms with E-state index in [1.54, 1.807) is 17.1 Å². The van der Waals surface area contributed by atoms with E-state index in [9.17, 15) is 4.79 Å². The predicted octanol–water partition coefficient (Wildman–Crippen LogP) is 2.11. The van der Waals surface area contributed by atoms with Crippen molar-refractivity contribution in [2.45, 2.75) is 18.8 Å². The maximum Gasteiger partial charge on any atom is 0.237 e. The molecule has 6 nitrogen and oxygen atoms in total. The average Bonchev–Trinajstić information content (AvgIpc) is 3.06. The van der Waals surface area contributed by atoms with Gasteiger partial charge in [-0.1, -0.05) is 18.2 Å². The number of carbonyl (C=O) groups is 1. The molecule has 1 saturated heterocycles. The van der Waals surface area contributed by atoms with Gasteiger partial charge in [-0.3, -0.25) is 14.1 Å². The van der Waals surface area contributed by atoms with Gasteiger partial charge in [0.25, 0.3) is 0 Å². The monoisotopic (exact) mass is 339 g/mol. The van der Waals surface area contributed by atoms with Crippen LogP contribution in [-0.2, 0) is 4.79 Å². The van der Waals surface area contributed by atoms with E-state index < -0.39 is 0 Å². The molecule has 6 heteroatoms. The van der Waals surface area contributed by atoms with Gasteiger partial charge in [-0.05, 0) is 31.5 Å². The standard InChI is InChI=1S/C19H25N5O/c1-3-10-23(11-4-2)18(25)15-22-12-7-8-16(14-22)19-21-20-17-9-5-6-13-24(17)19/h3-6,9,13,16H,1-2,7-8,10-12,14-15H2/t16-/m0/s1. The van der Waals surface area contributed by atoms with Gasteiger partial charge >= 0.3 is 0 Å². The summed E-state index contributed by atoms with van der Waals surface area (Å²) in [5.41, 5.74) is 0.869. The van der Waals surface area contributed by atoms with Crippen LogP contribution in [0.5, 0.6) is 0 Å². The van der Waals surface area contributed by atoms with E-state index in [4.69, 9.17) is 0 Å². The van der Waals surface area contributed by atoms with E-state index in [0.29, 0.717) is 25.6 Å². The van der Waals surface area contributed by atoms with Crippen LogP contribution in [0, 0.1) is 0 Å². The number of aromatic nitrogens is 3. The first-order valence-electron chi connectivity index (χ1n) is 8.74. The quantitative estimate of drug-likeness (QED) is 0.725. The van der Waals surface area contributed by atoms with Gasteiger partial charge < -0.3 is 4.90 Å². The molecule has 1 atom stereocenters. The van der Waals surface area contributed by atoms with Gasteiger partial charge in [-0.2, -0.15) is 0 Å². The fraction of sp³-hybridized carbons (Fsp3) is 0.421. The second-order valence-electron chi connectivity index (χ2n) is 6.44. The van der Waals surface area contributed by atoms with Crippen LogP contribution in [0.2, 0.25) is 0 Å². The van der Waals surface area contributed by atoms with Gasteiger partial charge in [0.15, 0.2) is 5.65 Å². The third-order valence-corrected chi connectivity index (χ3v) is 4.62. The Morgan fingerprint density at radius 2 is 2.08 bits per heavy atom. The van der Waals surface area contributed by atoms with Crippen molar-refractivity contribution < 1.29 is 4.79 Å². The van der Waals surface area contributed by atoms with Crippen LogP contribution in [0.3, 0.4) is 0 Å². The lowest BCUT2D eigenvalue weighted by atomic mass is 9.97. The Morgan fingerprint density at radius 3 is 2.84 bits per heavy atom. The highest BCUT2D eigenvalue weighted by atomic mass is 16.2. The van der Waals surface area contributed by atoms with Crippen LogP contribution in [-0.4, -0.2) is 63.0 Å². The molecule has 1 aliphatic rings. The first kappa shape index (κ1) is 17.4. The van der Waals surface area contributed by atoms with Gasteiger partial charge in [-0.25, -0.2) is 0 Å². The van der Waals surface area contributed by atoms with Crippen molar-refractivity contribution in [3.8, 4) is 0 Å². The Balaban J connectivity index is 1.67. The van der Waals surface area contributed by atoms with Crippen LogP contribution in [0.25, 0.3) is 5.65 Å². The summed E-state index contributed by atoms with van der Waals surface area (Å²) in [4.78, 5) is 16.5. The minimum absolute atomic E-state index is 0.117. The van der Waals surface area contributed by atoms with Crippen LogP contribution in [0.1, 0.15) is 24.6 Å². The SMILES string of the molecule is C=CCN(CC=C)C(=O)CN1CCC[C@H](c2nnc3ccccn23)C1. The number of amides is 1. The molecule has 0 N–H and O–H groups in total. The van der Waals surface area contributed by atoms with Crippen molar-refractivity contribution >= 4 is 11.6 Å². The minimum atomic E-state index is 0.117. The molecular weight excluding hydrogens is 314 g/mol. The van der Waals surface area contributed by atoms with Crippen molar-refractivity contribution in [1.29, 1.82) is 0 Å². The van der Waals surface area contributed by atoms with Crippen LogP contribution >= 0.6 is 0 Å². The number of pyridine rings is 1. The summed E-state index contributed by atoms with van der Waals surface area (Å²) in [6, 6.07) is 5.92. The molecular formula is C19H25N5O. The molecule has 3 rings (SSSR count). The lowest BCUT2D eigenvalue weighted by Crippen LogP contribution is -2.44.